The number of carbonyl (C=O) groups excluding carboxylic acids is 1. The molecule has 1 heterocycles. The number of hydrazine groups is 1. The second-order valence-electron chi connectivity index (χ2n) is 5.66. The maximum absolute atomic E-state index is 12.0. The van der Waals surface area contributed by atoms with Gasteiger partial charge in [0.25, 0.3) is 5.91 Å². The van der Waals surface area contributed by atoms with Gasteiger partial charge in [-0.1, -0.05) is 48.5 Å². The molecule has 1 amide bonds. The number of hydrogen-bond donors (Lipinski definition) is 1. The van der Waals surface area contributed by atoms with E-state index in [0.29, 0.717) is 6.54 Å². The summed E-state index contributed by atoms with van der Waals surface area (Å²) in [6, 6.07) is 19.8. The highest BCUT2D eigenvalue weighted by Gasteiger charge is 2.03. The van der Waals surface area contributed by atoms with Crippen molar-refractivity contribution in [2.24, 2.45) is 0 Å². The first kappa shape index (κ1) is 16.5. The molecule has 2 aromatic carbocycles. The number of nitrogens with one attached hydrogen (secondary N) is 1. The topological polar surface area (TPSA) is 50.2 Å². The molecular formula is C20H20N4O. The zero-order valence-corrected chi connectivity index (χ0v) is 14.0. The molecule has 1 N–H and O–H groups in total. The molecule has 5 heteroatoms. The first-order valence-corrected chi connectivity index (χ1v) is 8.04. The van der Waals surface area contributed by atoms with Gasteiger partial charge in [-0.15, -0.1) is 0 Å². The molecule has 0 atom stereocenters. The van der Waals surface area contributed by atoms with Gasteiger partial charge in [0.2, 0.25) is 0 Å². The quantitative estimate of drug-likeness (QED) is 0.557. The summed E-state index contributed by atoms with van der Waals surface area (Å²) < 4.78 is 1.85. The number of benzene rings is 2. The van der Waals surface area contributed by atoms with Crippen molar-refractivity contribution in [2.75, 3.05) is 12.1 Å². The smallest absolute Gasteiger partial charge is 0.262 e. The number of amides is 1. The number of aromatic nitrogens is 2. The van der Waals surface area contributed by atoms with E-state index in [4.69, 9.17) is 0 Å². The van der Waals surface area contributed by atoms with Crippen LogP contribution in [-0.2, 0) is 11.3 Å². The van der Waals surface area contributed by atoms with Crippen LogP contribution >= 0.6 is 0 Å². The molecule has 0 aliphatic rings. The fourth-order valence-corrected chi connectivity index (χ4v) is 2.41. The van der Waals surface area contributed by atoms with Gasteiger partial charge in [-0.05, 0) is 23.8 Å². The Morgan fingerprint density at radius 2 is 1.80 bits per heavy atom. The van der Waals surface area contributed by atoms with E-state index in [1.54, 1.807) is 24.3 Å². The van der Waals surface area contributed by atoms with E-state index in [-0.39, 0.29) is 5.91 Å². The second kappa shape index (κ2) is 7.97. The Balaban J connectivity index is 1.56. The van der Waals surface area contributed by atoms with Crippen molar-refractivity contribution < 1.29 is 4.79 Å². The summed E-state index contributed by atoms with van der Waals surface area (Å²) in [5.41, 5.74) is 5.78. The molecular weight excluding hydrogens is 312 g/mol. The van der Waals surface area contributed by atoms with Crippen LogP contribution in [0.1, 0.15) is 11.1 Å². The minimum atomic E-state index is -0.192. The van der Waals surface area contributed by atoms with E-state index < -0.39 is 0 Å². The van der Waals surface area contributed by atoms with Crippen molar-refractivity contribution in [2.45, 2.75) is 6.54 Å². The molecule has 3 rings (SSSR count). The minimum Gasteiger partial charge on any atom is -0.288 e. The second-order valence-corrected chi connectivity index (χ2v) is 5.66. The normalized spacial score (nSPS) is 10.8. The highest BCUT2D eigenvalue weighted by molar-refractivity contribution is 5.92. The van der Waals surface area contributed by atoms with Gasteiger partial charge in [0.1, 0.15) is 0 Å². The summed E-state index contributed by atoms with van der Waals surface area (Å²) in [7, 11) is 1.80. The zero-order chi connectivity index (χ0) is 17.5. The van der Waals surface area contributed by atoms with Crippen molar-refractivity contribution in [3.63, 3.8) is 0 Å². The number of anilines is 1. The van der Waals surface area contributed by atoms with Crippen LogP contribution in [0.5, 0.6) is 0 Å². The fourth-order valence-electron chi connectivity index (χ4n) is 2.41. The molecule has 0 fully saturated rings. The van der Waals surface area contributed by atoms with Gasteiger partial charge in [0.15, 0.2) is 0 Å². The van der Waals surface area contributed by atoms with Crippen molar-refractivity contribution in [1.82, 2.24) is 15.2 Å². The number of rotatable bonds is 6. The molecule has 0 radical (unpaired) electrons. The Labute approximate surface area is 147 Å². The summed E-state index contributed by atoms with van der Waals surface area (Å²) in [5.74, 6) is -0.192. The molecule has 0 saturated carbocycles. The lowest BCUT2D eigenvalue weighted by molar-refractivity contribution is -0.116. The van der Waals surface area contributed by atoms with Crippen LogP contribution in [0.4, 0.5) is 5.69 Å². The lowest BCUT2D eigenvalue weighted by Crippen LogP contribution is -2.38. The molecule has 0 bridgehead atoms. The van der Waals surface area contributed by atoms with Crippen LogP contribution in [0.3, 0.4) is 0 Å². The predicted molar refractivity (Wildman–Crippen MR) is 99.8 cm³/mol. The Kier molecular flexibility index (Phi) is 5.26. The van der Waals surface area contributed by atoms with Crippen molar-refractivity contribution in [1.29, 1.82) is 0 Å². The van der Waals surface area contributed by atoms with Crippen molar-refractivity contribution in [3.05, 3.63) is 90.3 Å². The van der Waals surface area contributed by atoms with E-state index >= 15 is 0 Å². The molecule has 3 aromatic rings. The molecule has 1 aromatic heterocycles. The van der Waals surface area contributed by atoms with Crippen molar-refractivity contribution in [3.8, 4) is 0 Å². The molecule has 0 aliphatic carbocycles. The lowest BCUT2D eigenvalue weighted by atomic mass is 10.2. The average Bonchev–Trinajstić information content (AvgIpc) is 3.09. The molecule has 126 valence electrons. The number of nitrogens with zero attached hydrogens (tertiary/aromatic N) is 3. The summed E-state index contributed by atoms with van der Waals surface area (Å²) in [6.07, 6.45) is 6.91. The zero-order valence-electron chi connectivity index (χ0n) is 14.0. The Morgan fingerprint density at radius 1 is 1.12 bits per heavy atom. The monoisotopic (exact) mass is 332 g/mol. The highest BCUT2D eigenvalue weighted by Crippen LogP contribution is 2.09. The molecule has 0 unspecified atom stereocenters. The third-order valence-corrected chi connectivity index (χ3v) is 3.69. The number of para-hydroxylation sites is 1. The first-order chi connectivity index (χ1) is 12.2. The standard InChI is InChI=1S/C20H20N4O/c1-23(19-10-6-3-7-11-19)22-20(25)13-12-18-14-21-24(16-18)15-17-8-4-2-5-9-17/h2-14,16H,15H2,1H3,(H,22,25)/b13-12+. The van der Waals surface area contributed by atoms with Crippen LogP contribution < -0.4 is 10.4 Å². The van der Waals surface area contributed by atoms with Crippen LogP contribution in [0.2, 0.25) is 0 Å². The van der Waals surface area contributed by atoms with E-state index in [1.807, 2.05) is 59.4 Å². The maximum atomic E-state index is 12.0. The largest absolute Gasteiger partial charge is 0.288 e. The van der Waals surface area contributed by atoms with Gasteiger partial charge in [-0.3, -0.25) is 19.9 Å². The summed E-state index contributed by atoms with van der Waals surface area (Å²) in [4.78, 5) is 12.0. The number of carbonyl (C=O) groups is 1. The van der Waals surface area contributed by atoms with Gasteiger partial charge >= 0.3 is 0 Å². The summed E-state index contributed by atoms with van der Waals surface area (Å²) in [5, 5.41) is 6.01. The van der Waals surface area contributed by atoms with Gasteiger partial charge in [-0.2, -0.15) is 5.10 Å². The van der Waals surface area contributed by atoms with Crippen LogP contribution in [-0.4, -0.2) is 22.7 Å². The lowest BCUT2D eigenvalue weighted by Gasteiger charge is -2.18. The molecule has 5 nitrogen and oxygen atoms in total. The van der Waals surface area contributed by atoms with Crippen LogP contribution in [0.25, 0.3) is 6.08 Å². The van der Waals surface area contributed by atoms with Crippen LogP contribution in [0.15, 0.2) is 79.1 Å². The summed E-state index contributed by atoms with van der Waals surface area (Å²) >= 11 is 0. The van der Waals surface area contributed by atoms with E-state index in [1.165, 1.54) is 11.6 Å². The Morgan fingerprint density at radius 3 is 2.52 bits per heavy atom. The third kappa shape index (κ3) is 4.81. The van der Waals surface area contributed by atoms with E-state index in [2.05, 4.69) is 22.7 Å². The Hall–Kier alpha value is -3.34. The average molecular weight is 332 g/mol. The first-order valence-electron chi connectivity index (χ1n) is 8.04. The van der Waals surface area contributed by atoms with Gasteiger partial charge in [0.05, 0.1) is 18.4 Å². The minimum absolute atomic E-state index is 0.192. The van der Waals surface area contributed by atoms with Gasteiger partial charge in [0, 0.05) is 24.9 Å². The fraction of sp³-hybridized carbons (Fsp3) is 0.100. The molecule has 0 spiro atoms. The SMILES string of the molecule is CN(NC(=O)/C=C/c1cnn(Cc2ccccc2)c1)c1ccccc1. The predicted octanol–water partition coefficient (Wildman–Crippen LogP) is 3.11. The Bertz CT molecular complexity index is 840. The van der Waals surface area contributed by atoms with Crippen molar-refractivity contribution >= 4 is 17.7 Å². The van der Waals surface area contributed by atoms with Gasteiger partial charge < -0.3 is 0 Å². The van der Waals surface area contributed by atoms with Gasteiger partial charge in [-0.25, -0.2) is 0 Å². The summed E-state index contributed by atoms with van der Waals surface area (Å²) in [6.45, 7) is 0.706. The molecule has 0 saturated heterocycles. The van der Waals surface area contributed by atoms with Crippen LogP contribution in [0, 0.1) is 0 Å². The number of hydrogen-bond acceptors (Lipinski definition) is 3. The third-order valence-electron chi connectivity index (χ3n) is 3.69. The highest BCUT2D eigenvalue weighted by atomic mass is 16.2. The molecule has 25 heavy (non-hydrogen) atoms. The molecule has 0 aliphatic heterocycles. The maximum Gasteiger partial charge on any atom is 0.262 e. The van der Waals surface area contributed by atoms with E-state index in [0.717, 1.165) is 11.3 Å². The van der Waals surface area contributed by atoms with E-state index in [9.17, 15) is 4.79 Å².